The van der Waals surface area contributed by atoms with Crippen molar-refractivity contribution in [1.29, 1.82) is 0 Å². The fraction of sp³-hybridized carbons (Fsp3) is 0.300. The molecule has 2 N–H and O–H groups in total. The van der Waals surface area contributed by atoms with Crippen LogP contribution in [-0.2, 0) is 28.2 Å². The van der Waals surface area contributed by atoms with Crippen molar-refractivity contribution in [3.8, 4) is 0 Å². The summed E-state index contributed by atoms with van der Waals surface area (Å²) < 4.78 is 0. The molecule has 136 valence electrons. The van der Waals surface area contributed by atoms with Crippen LogP contribution in [0.5, 0.6) is 0 Å². The summed E-state index contributed by atoms with van der Waals surface area (Å²) in [5.41, 5.74) is 4.27. The smallest absolute Gasteiger partial charge is 0.274 e. The Bertz CT molecular complexity index is 838. The number of amides is 1. The predicted octanol–water partition coefficient (Wildman–Crippen LogP) is 3.15. The van der Waals surface area contributed by atoms with E-state index in [2.05, 4.69) is 10.8 Å². The Balaban J connectivity index is 1.87. The molecule has 0 radical (unpaired) electrons. The number of halogens is 1. The molecule has 1 unspecified atom stereocenters. The maximum Gasteiger partial charge on any atom is 0.274 e. The van der Waals surface area contributed by atoms with Crippen molar-refractivity contribution in [2.24, 2.45) is 0 Å². The molecule has 0 aliphatic carbocycles. The van der Waals surface area contributed by atoms with Crippen LogP contribution in [0.15, 0.2) is 42.5 Å². The maximum absolute atomic E-state index is 12.4. The highest BCUT2D eigenvalue weighted by Gasteiger charge is 2.36. The van der Waals surface area contributed by atoms with Crippen LogP contribution in [0.3, 0.4) is 0 Å². The molecule has 2 aromatic carbocycles. The Morgan fingerprint density at radius 2 is 1.96 bits per heavy atom. The number of nitrogens with one attached hydrogen (secondary N) is 2. The lowest BCUT2D eigenvalue weighted by atomic mass is 9.88. The molecule has 1 aliphatic heterocycles. The number of carbonyl (C=O) groups excluding carboxylic acids is 2. The number of benzene rings is 2. The van der Waals surface area contributed by atoms with E-state index in [1.165, 1.54) is 6.92 Å². The molecule has 0 fully saturated rings. The SMILES string of the molecule is CC(=O)C(C)(ONC(=O)c1ccccc1)c1cc(Cl)c2c(c1)CNCC2. The lowest BCUT2D eigenvalue weighted by Gasteiger charge is -2.29. The molecule has 0 spiro atoms. The lowest BCUT2D eigenvalue weighted by molar-refractivity contribution is -0.149. The molecular formula is C20H21ClN2O3. The summed E-state index contributed by atoms with van der Waals surface area (Å²) in [6.45, 7) is 4.63. The molecule has 0 saturated carbocycles. The summed E-state index contributed by atoms with van der Waals surface area (Å²) >= 11 is 6.43. The molecule has 0 saturated heterocycles. The summed E-state index contributed by atoms with van der Waals surface area (Å²) in [5.74, 6) is -0.644. The highest BCUT2D eigenvalue weighted by Crippen LogP contribution is 2.33. The van der Waals surface area contributed by atoms with Gasteiger partial charge in [0.15, 0.2) is 11.4 Å². The van der Waals surface area contributed by atoms with Gasteiger partial charge in [-0.25, -0.2) is 5.48 Å². The van der Waals surface area contributed by atoms with E-state index in [0.29, 0.717) is 22.7 Å². The third kappa shape index (κ3) is 3.65. The second-order valence-electron chi connectivity index (χ2n) is 6.51. The average Bonchev–Trinajstić information content (AvgIpc) is 2.66. The summed E-state index contributed by atoms with van der Waals surface area (Å²) in [6, 6.07) is 12.4. The number of fused-ring (bicyclic) bond motifs is 1. The van der Waals surface area contributed by atoms with Gasteiger partial charge in [0.1, 0.15) is 0 Å². The number of carbonyl (C=O) groups is 2. The molecule has 1 amide bonds. The third-order valence-corrected chi connectivity index (χ3v) is 5.10. The first-order chi connectivity index (χ1) is 12.4. The van der Waals surface area contributed by atoms with Gasteiger partial charge in [-0.2, -0.15) is 0 Å². The van der Waals surface area contributed by atoms with Gasteiger partial charge in [0.05, 0.1) is 0 Å². The molecule has 2 aromatic rings. The molecule has 1 heterocycles. The van der Waals surface area contributed by atoms with E-state index >= 15 is 0 Å². The van der Waals surface area contributed by atoms with E-state index in [1.54, 1.807) is 37.3 Å². The summed E-state index contributed by atoms with van der Waals surface area (Å²) in [5, 5.41) is 3.91. The van der Waals surface area contributed by atoms with Gasteiger partial charge in [-0.05, 0) is 61.7 Å². The zero-order valence-electron chi connectivity index (χ0n) is 14.8. The molecule has 3 rings (SSSR count). The van der Waals surface area contributed by atoms with Gasteiger partial charge in [0.25, 0.3) is 5.91 Å². The van der Waals surface area contributed by atoms with Crippen LogP contribution in [0.1, 0.15) is 40.9 Å². The van der Waals surface area contributed by atoms with E-state index in [1.807, 2.05) is 12.1 Å². The van der Waals surface area contributed by atoms with Gasteiger partial charge in [0, 0.05) is 17.1 Å². The van der Waals surface area contributed by atoms with Gasteiger partial charge in [-0.15, -0.1) is 0 Å². The minimum absolute atomic E-state index is 0.231. The average molecular weight is 373 g/mol. The van der Waals surface area contributed by atoms with E-state index < -0.39 is 11.5 Å². The Morgan fingerprint density at radius 3 is 2.65 bits per heavy atom. The Labute approximate surface area is 157 Å². The minimum atomic E-state index is -1.33. The first-order valence-corrected chi connectivity index (χ1v) is 8.86. The number of rotatable bonds is 5. The van der Waals surface area contributed by atoms with Crippen molar-refractivity contribution in [2.75, 3.05) is 6.54 Å². The number of hydroxylamine groups is 1. The highest BCUT2D eigenvalue weighted by molar-refractivity contribution is 6.31. The van der Waals surface area contributed by atoms with Crippen LogP contribution in [0.2, 0.25) is 5.02 Å². The van der Waals surface area contributed by atoms with Crippen molar-refractivity contribution in [3.63, 3.8) is 0 Å². The summed E-state index contributed by atoms with van der Waals surface area (Å²) in [4.78, 5) is 30.2. The second kappa shape index (κ2) is 7.58. The minimum Gasteiger partial charge on any atom is -0.312 e. The molecule has 5 nitrogen and oxygen atoms in total. The first-order valence-electron chi connectivity index (χ1n) is 8.49. The zero-order valence-corrected chi connectivity index (χ0v) is 15.5. The van der Waals surface area contributed by atoms with Crippen LogP contribution < -0.4 is 10.8 Å². The highest BCUT2D eigenvalue weighted by atomic mass is 35.5. The van der Waals surface area contributed by atoms with Crippen molar-refractivity contribution in [2.45, 2.75) is 32.4 Å². The molecular weight excluding hydrogens is 352 g/mol. The van der Waals surface area contributed by atoms with Crippen molar-refractivity contribution in [1.82, 2.24) is 10.8 Å². The van der Waals surface area contributed by atoms with Crippen LogP contribution in [-0.4, -0.2) is 18.2 Å². The van der Waals surface area contributed by atoms with Crippen molar-refractivity contribution < 1.29 is 14.4 Å². The monoisotopic (exact) mass is 372 g/mol. The molecule has 6 heteroatoms. The summed E-state index contributed by atoms with van der Waals surface area (Å²) in [7, 11) is 0. The number of hydrogen-bond donors (Lipinski definition) is 2. The predicted molar refractivity (Wildman–Crippen MR) is 99.9 cm³/mol. The topological polar surface area (TPSA) is 67.4 Å². The molecule has 0 bridgehead atoms. The fourth-order valence-corrected chi connectivity index (χ4v) is 3.31. The molecule has 1 atom stereocenters. The van der Waals surface area contributed by atoms with Gasteiger partial charge in [0.2, 0.25) is 0 Å². The van der Waals surface area contributed by atoms with E-state index in [9.17, 15) is 9.59 Å². The zero-order chi connectivity index (χ0) is 18.7. The van der Waals surface area contributed by atoms with Crippen LogP contribution in [0, 0.1) is 0 Å². The van der Waals surface area contributed by atoms with Gasteiger partial charge in [-0.3, -0.25) is 14.4 Å². The van der Waals surface area contributed by atoms with Gasteiger partial charge in [-0.1, -0.05) is 35.9 Å². The normalized spacial score (nSPS) is 15.7. The molecule has 26 heavy (non-hydrogen) atoms. The van der Waals surface area contributed by atoms with Crippen LogP contribution >= 0.6 is 11.6 Å². The van der Waals surface area contributed by atoms with Crippen molar-refractivity contribution >= 4 is 23.3 Å². The van der Waals surface area contributed by atoms with Crippen LogP contribution in [0.25, 0.3) is 0 Å². The largest absolute Gasteiger partial charge is 0.312 e. The third-order valence-electron chi connectivity index (χ3n) is 4.76. The first kappa shape index (κ1) is 18.6. The number of ketones is 1. The fourth-order valence-electron chi connectivity index (χ4n) is 2.97. The Morgan fingerprint density at radius 1 is 1.23 bits per heavy atom. The maximum atomic E-state index is 12.4. The quantitative estimate of drug-likeness (QED) is 0.791. The molecule has 0 aromatic heterocycles. The summed E-state index contributed by atoms with van der Waals surface area (Å²) in [6.07, 6.45) is 0.844. The van der Waals surface area contributed by atoms with E-state index in [4.69, 9.17) is 16.4 Å². The standard InChI is InChI=1S/C20H21ClN2O3/c1-13(24)20(2,26-23-19(25)14-6-4-3-5-7-14)16-10-15-12-22-9-8-17(15)18(21)11-16/h3-7,10-11,22H,8-9,12H2,1-2H3,(H,23,25). The van der Waals surface area contributed by atoms with Gasteiger partial charge < -0.3 is 5.32 Å². The molecule has 1 aliphatic rings. The Kier molecular flexibility index (Phi) is 5.41. The second-order valence-corrected chi connectivity index (χ2v) is 6.92. The van der Waals surface area contributed by atoms with Gasteiger partial charge >= 0.3 is 0 Å². The Hall–Kier alpha value is -2.21. The number of hydrogen-bond acceptors (Lipinski definition) is 4. The lowest BCUT2D eigenvalue weighted by Crippen LogP contribution is -2.41. The van der Waals surface area contributed by atoms with Crippen LogP contribution in [0.4, 0.5) is 0 Å². The number of Topliss-reactive ketones (excluding diaryl/α,β-unsaturated/α-hetero) is 1. The van der Waals surface area contributed by atoms with Crippen molar-refractivity contribution in [3.05, 3.63) is 69.7 Å². The van der Waals surface area contributed by atoms with E-state index in [-0.39, 0.29) is 5.78 Å². The van der Waals surface area contributed by atoms with E-state index in [0.717, 1.165) is 24.1 Å².